The van der Waals surface area contributed by atoms with E-state index < -0.39 is 0 Å². The summed E-state index contributed by atoms with van der Waals surface area (Å²) in [6.45, 7) is 2.02. The summed E-state index contributed by atoms with van der Waals surface area (Å²) in [6, 6.07) is 9.67. The smallest absolute Gasteiger partial charge is 0.322 e. The van der Waals surface area contributed by atoms with Crippen molar-refractivity contribution < 1.29 is 9.21 Å². The summed E-state index contributed by atoms with van der Waals surface area (Å²) in [5.74, 6) is 1.22. The first kappa shape index (κ1) is 13.2. The number of nitrogens with one attached hydrogen (secondary N) is 1. The number of hydrogen-bond acceptors (Lipinski definition) is 4. The number of hydrogen-bond donors (Lipinski definition) is 1. The highest BCUT2D eigenvalue weighted by Crippen LogP contribution is 2.52. The highest BCUT2D eigenvalue weighted by molar-refractivity contribution is 5.94. The van der Waals surface area contributed by atoms with Crippen LogP contribution in [0.3, 0.4) is 0 Å². The zero-order valence-electron chi connectivity index (χ0n) is 12.3. The number of nitrogens with zero attached hydrogens (tertiary/aromatic N) is 2. The molecule has 3 atom stereocenters. The second-order valence-corrected chi connectivity index (χ2v) is 6.34. The molecule has 2 aliphatic carbocycles. The molecule has 5 nitrogen and oxygen atoms in total. The molecule has 4 rings (SSSR count). The molecule has 1 heterocycles. The lowest BCUT2D eigenvalue weighted by molar-refractivity contribution is -0.126. The van der Waals surface area contributed by atoms with Crippen LogP contribution in [0.1, 0.15) is 19.8 Å². The molecule has 0 spiro atoms. The number of fused-ring (bicyclic) bond motifs is 2. The Hall–Kier alpha value is -2.43. The third-order valence-corrected chi connectivity index (χ3v) is 4.86. The first-order valence-electron chi connectivity index (χ1n) is 7.54. The predicted molar refractivity (Wildman–Crippen MR) is 81.8 cm³/mol. The maximum absolute atomic E-state index is 12.6. The lowest BCUT2D eigenvalue weighted by Gasteiger charge is -2.28. The normalized spacial score (nSPS) is 29.0. The molecule has 22 heavy (non-hydrogen) atoms. The van der Waals surface area contributed by atoms with Crippen LogP contribution >= 0.6 is 0 Å². The molecule has 112 valence electrons. The standard InChI is InChI=1S/C17H17N3O2/c1-17(10-11-7-8-13(17)9-11)15(21)18-16-20-19-14(22-16)12-5-3-2-4-6-12/h2-8,11,13H,9-10H2,1H3,(H,18,20,21)/t11-,13-,17+/m0/s1. The van der Waals surface area contributed by atoms with Crippen LogP contribution in [-0.4, -0.2) is 16.1 Å². The Bertz CT molecular complexity index is 737. The van der Waals surface area contributed by atoms with E-state index in [9.17, 15) is 4.79 Å². The monoisotopic (exact) mass is 295 g/mol. The van der Waals surface area contributed by atoms with Gasteiger partial charge >= 0.3 is 6.01 Å². The summed E-state index contributed by atoms with van der Waals surface area (Å²) in [5, 5.41) is 10.7. The molecule has 0 saturated heterocycles. The van der Waals surface area contributed by atoms with Crippen LogP contribution in [0.5, 0.6) is 0 Å². The molecule has 2 aromatic rings. The van der Waals surface area contributed by atoms with Crippen LogP contribution < -0.4 is 5.32 Å². The predicted octanol–water partition coefficient (Wildman–Crippen LogP) is 3.28. The van der Waals surface area contributed by atoms with E-state index in [0.717, 1.165) is 18.4 Å². The van der Waals surface area contributed by atoms with Crippen molar-refractivity contribution in [2.75, 3.05) is 5.32 Å². The maximum Gasteiger partial charge on any atom is 0.322 e. The molecule has 0 radical (unpaired) electrons. The van der Waals surface area contributed by atoms with Crippen LogP contribution in [0.25, 0.3) is 11.5 Å². The van der Waals surface area contributed by atoms with Gasteiger partial charge in [0.15, 0.2) is 0 Å². The fourth-order valence-electron chi connectivity index (χ4n) is 3.57. The molecular weight excluding hydrogens is 278 g/mol. The van der Waals surface area contributed by atoms with Gasteiger partial charge in [-0.2, -0.15) is 0 Å². The molecule has 1 N–H and O–H groups in total. The highest BCUT2D eigenvalue weighted by Gasteiger charge is 2.50. The van der Waals surface area contributed by atoms with Gasteiger partial charge in [0.1, 0.15) is 0 Å². The lowest BCUT2D eigenvalue weighted by Crippen LogP contribution is -2.37. The fraction of sp³-hybridized carbons (Fsp3) is 0.353. The lowest BCUT2D eigenvalue weighted by atomic mass is 9.77. The van der Waals surface area contributed by atoms with Crippen molar-refractivity contribution in [3.05, 3.63) is 42.5 Å². The van der Waals surface area contributed by atoms with Crippen LogP contribution in [-0.2, 0) is 4.79 Å². The van der Waals surface area contributed by atoms with Gasteiger partial charge in [0.05, 0.1) is 5.41 Å². The van der Waals surface area contributed by atoms with Crippen LogP contribution in [0.15, 0.2) is 46.9 Å². The topological polar surface area (TPSA) is 68.0 Å². The van der Waals surface area contributed by atoms with E-state index in [1.54, 1.807) is 0 Å². The molecule has 1 saturated carbocycles. The number of benzene rings is 1. The molecule has 1 fully saturated rings. The minimum atomic E-state index is -0.374. The molecule has 1 aromatic carbocycles. The molecule has 1 aromatic heterocycles. The first-order chi connectivity index (χ1) is 10.6. The third-order valence-electron chi connectivity index (χ3n) is 4.86. The zero-order valence-corrected chi connectivity index (χ0v) is 12.3. The van der Waals surface area contributed by atoms with Crippen LogP contribution in [0.2, 0.25) is 0 Å². The van der Waals surface area contributed by atoms with E-state index in [1.807, 2.05) is 37.3 Å². The Morgan fingerprint density at radius 2 is 2.09 bits per heavy atom. The Morgan fingerprint density at radius 3 is 2.77 bits per heavy atom. The second-order valence-electron chi connectivity index (χ2n) is 6.34. The minimum absolute atomic E-state index is 0.0346. The number of carbonyl (C=O) groups excluding carboxylic acids is 1. The van der Waals surface area contributed by atoms with Gasteiger partial charge in [0.2, 0.25) is 11.8 Å². The molecule has 1 amide bonds. The summed E-state index contributed by atoms with van der Waals surface area (Å²) < 4.78 is 5.55. The van der Waals surface area contributed by atoms with Crippen LogP contribution in [0.4, 0.5) is 6.01 Å². The first-order valence-corrected chi connectivity index (χ1v) is 7.54. The van der Waals surface area contributed by atoms with Crippen molar-refractivity contribution in [2.24, 2.45) is 17.3 Å². The number of allylic oxidation sites excluding steroid dienone is 2. The maximum atomic E-state index is 12.6. The quantitative estimate of drug-likeness (QED) is 0.882. The summed E-state index contributed by atoms with van der Waals surface area (Å²) in [7, 11) is 0. The van der Waals surface area contributed by atoms with E-state index in [0.29, 0.717) is 17.7 Å². The highest BCUT2D eigenvalue weighted by atomic mass is 16.4. The Balaban J connectivity index is 1.51. The van der Waals surface area contributed by atoms with Crippen molar-refractivity contribution in [1.82, 2.24) is 10.2 Å². The molecule has 0 aliphatic heterocycles. The van der Waals surface area contributed by atoms with Gasteiger partial charge in [-0.05, 0) is 36.8 Å². The van der Waals surface area contributed by atoms with Gasteiger partial charge in [0, 0.05) is 5.56 Å². The number of anilines is 1. The second kappa shape index (κ2) is 4.80. The zero-order chi connectivity index (χ0) is 15.2. The summed E-state index contributed by atoms with van der Waals surface area (Å²) in [5.41, 5.74) is 0.463. The molecule has 2 bridgehead atoms. The molecular formula is C17H17N3O2. The summed E-state index contributed by atoms with van der Waals surface area (Å²) in [6.07, 6.45) is 6.35. The molecule has 2 aliphatic rings. The average Bonchev–Trinajstić information content (AvgIpc) is 3.24. The fourth-order valence-corrected chi connectivity index (χ4v) is 3.57. The van der Waals surface area contributed by atoms with E-state index in [2.05, 4.69) is 27.7 Å². The summed E-state index contributed by atoms with van der Waals surface area (Å²) in [4.78, 5) is 12.6. The van der Waals surface area contributed by atoms with Gasteiger partial charge in [-0.15, -0.1) is 5.10 Å². The number of amides is 1. The van der Waals surface area contributed by atoms with Gasteiger partial charge in [-0.25, -0.2) is 0 Å². The van der Waals surface area contributed by atoms with Gasteiger partial charge in [0.25, 0.3) is 0 Å². The van der Waals surface area contributed by atoms with Crippen LogP contribution in [0, 0.1) is 17.3 Å². The minimum Gasteiger partial charge on any atom is -0.403 e. The summed E-state index contributed by atoms with van der Waals surface area (Å²) >= 11 is 0. The molecule has 0 unspecified atom stereocenters. The largest absolute Gasteiger partial charge is 0.403 e. The van der Waals surface area contributed by atoms with E-state index in [1.165, 1.54) is 0 Å². The van der Waals surface area contributed by atoms with Gasteiger partial charge in [-0.1, -0.05) is 42.4 Å². The van der Waals surface area contributed by atoms with E-state index in [4.69, 9.17) is 4.42 Å². The van der Waals surface area contributed by atoms with E-state index >= 15 is 0 Å². The van der Waals surface area contributed by atoms with Gasteiger partial charge < -0.3 is 4.42 Å². The van der Waals surface area contributed by atoms with Crippen molar-refractivity contribution in [1.29, 1.82) is 0 Å². The van der Waals surface area contributed by atoms with E-state index in [-0.39, 0.29) is 17.3 Å². The Morgan fingerprint density at radius 1 is 1.27 bits per heavy atom. The van der Waals surface area contributed by atoms with Crippen molar-refractivity contribution in [3.8, 4) is 11.5 Å². The number of carbonyl (C=O) groups is 1. The van der Waals surface area contributed by atoms with Gasteiger partial charge in [-0.3, -0.25) is 10.1 Å². The Kier molecular flexibility index (Phi) is 2.89. The van der Waals surface area contributed by atoms with Crippen molar-refractivity contribution >= 4 is 11.9 Å². The third kappa shape index (κ3) is 2.04. The Labute approximate surface area is 128 Å². The number of rotatable bonds is 3. The SMILES string of the molecule is C[C@@]1(C(=O)Nc2nnc(-c3ccccc3)o2)C[C@H]2C=C[C@H]1C2. The number of aromatic nitrogens is 2. The van der Waals surface area contributed by atoms with Crippen molar-refractivity contribution in [3.63, 3.8) is 0 Å². The average molecular weight is 295 g/mol. The van der Waals surface area contributed by atoms with Crippen molar-refractivity contribution in [2.45, 2.75) is 19.8 Å². The molecule has 5 heteroatoms.